The highest BCUT2D eigenvalue weighted by Gasteiger charge is 2.31. The van der Waals surface area contributed by atoms with Crippen LogP contribution in [-0.2, 0) is 9.53 Å². The van der Waals surface area contributed by atoms with Gasteiger partial charge in [-0.05, 0) is 44.4 Å². The Labute approximate surface area is 175 Å². The number of para-hydroxylation sites is 1. The van der Waals surface area contributed by atoms with Gasteiger partial charge in [-0.2, -0.15) is 0 Å². The van der Waals surface area contributed by atoms with Crippen molar-refractivity contribution in [2.24, 2.45) is 4.99 Å². The number of carbonyl (C=O) groups is 2. The number of hydrogen-bond donors (Lipinski definition) is 2. The molecule has 1 aliphatic rings. The van der Waals surface area contributed by atoms with Gasteiger partial charge in [-0.25, -0.2) is 14.2 Å². The molecule has 0 bridgehead atoms. The lowest BCUT2D eigenvalue weighted by atomic mass is 9.93. The molecule has 7 heteroatoms. The first-order valence-corrected chi connectivity index (χ1v) is 9.83. The molecular weight excluding hydrogens is 385 g/mol. The average Bonchev–Trinajstić information content (AvgIpc) is 2.77. The normalized spacial score (nSPS) is 16.3. The molecule has 30 heavy (non-hydrogen) atoms. The third-order valence-corrected chi connectivity index (χ3v) is 4.51. The first-order valence-electron chi connectivity index (χ1n) is 9.83. The van der Waals surface area contributed by atoms with Gasteiger partial charge < -0.3 is 10.1 Å². The number of carbonyl (C=O) groups excluding carboxylic acids is 2. The highest BCUT2D eigenvalue weighted by Crippen LogP contribution is 2.32. The molecule has 2 amide bonds. The van der Waals surface area contributed by atoms with Crippen molar-refractivity contribution >= 4 is 23.4 Å². The van der Waals surface area contributed by atoms with E-state index in [1.54, 1.807) is 45.0 Å². The van der Waals surface area contributed by atoms with Gasteiger partial charge in [-0.3, -0.25) is 10.1 Å². The summed E-state index contributed by atoms with van der Waals surface area (Å²) in [5.74, 6) is -0.887. The summed E-state index contributed by atoms with van der Waals surface area (Å²) in [5, 5.41) is 5.35. The van der Waals surface area contributed by atoms with Crippen LogP contribution in [0.2, 0.25) is 0 Å². The predicted molar refractivity (Wildman–Crippen MR) is 114 cm³/mol. The Bertz CT molecular complexity index is 1010. The largest absolute Gasteiger partial charge is 0.444 e. The summed E-state index contributed by atoms with van der Waals surface area (Å²) in [6.07, 6.45) is -2.06. The van der Waals surface area contributed by atoms with Crippen LogP contribution in [0.1, 0.15) is 57.2 Å². The smallest absolute Gasteiger partial charge is 0.409 e. The average molecular weight is 411 g/mol. The van der Waals surface area contributed by atoms with Crippen LogP contribution in [0.3, 0.4) is 0 Å². The molecule has 0 fully saturated rings. The van der Waals surface area contributed by atoms with Crippen molar-refractivity contribution < 1.29 is 18.7 Å². The molecule has 2 N–H and O–H groups in total. The van der Waals surface area contributed by atoms with Crippen molar-refractivity contribution in [1.82, 2.24) is 5.32 Å². The first-order chi connectivity index (χ1) is 14.1. The fourth-order valence-corrected chi connectivity index (χ4v) is 3.22. The Hall–Kier alpha value is -3.22. The fourth-order valence-electron chi connectivity index (χ4n) is 3.22. The van der Waals surface area contributed by atoms with Crippen LogP contribution in [0, 0.1) is 5.82 Å². The summed E-state index contributed by atoms with van der Waals surface area (Å²) >= 11 is 0. The zero-order valence-corrected chi connectivity index (χ0v) is 17.7. The molecule has 1 aliphatic heterocycles. The van der Waals surface area contributed by atoms with E-state index in [0.717, 1.165) is 5.56 Å². The van der Waals surface area contributed by atoms with Crippen molar-refractivity contribution in [3.63, 3.8) is 0 Å². The van der Waals surface area contributed by atoms with Gasteiger partial charge in [-0.15, -0.1) is 0 Å². The minimum Gasteiger partial charge on any atom is -0.444 e. The quantitative estimate of drug-likeness (QED) is 0.775. The second kappa shape index (κ2) is 8.26. The Morgan fingerprint density at radius 2 is 1.80 bits per heavy atom. The van der Waals surface area contributed by atoms with Gasteiger partial charge in [0.15, 0.2) is 0 Å². The maximum Gasteiger partial charge on any atom is 0.409 e. The molecule has 2 aromatic rings. The molecule has 0 spiro atoms. The van der Waals surface area contributed by atoms with Crippen LogP contribution in [0.4, 0.5) is 14.9 Å². The second-order valence-electron chi connectivity index (χ2n) is 8.42. The summed E-state index contributed by atoms with van der Waals surface area (Å²) in [4.78, 5) is 29.7. The summed E-state index contributed by atoms with van der Waals surface area (Å²) in [5.41, 5.74) is 1.83. The maximum atomic E-state index is 14.7. The molecular formula is C23H26FN3O3. The van der Waals surface area contributed by atoms with Crippen molar-refractivity contribution in [2.75, 3.05) is 5.32 Å². The van der Waals surface area contributed by atoms with Gasteiger partial charge in [0.1, 0.15) is 11.4 Å². The van der Waals surface area contributed by atoms with E-state index >= 15 is 0 Å². The van der Waals surface area contributed by atoms with Crippen LogP contribution in [-0.4, -0.2) is 29.5 Å². The zero-order valence-electron chi connectivity index (χ0n) is 17.7. The van der Waals surface area contributed by atoms with Gasteiger partial charge in [-0.1, -0.05) is 44.2 Å². The molecule has 0 aromatic heterocycles. The van der Waals surface area contributed by atoms with Gasteiger partial charge >= 0.3 is 6.09 Å². The number of alkyl carbamates (subject to hydrolysis) is 1. The molecule has 1 unspecified atom stereocenters. The van der Waals surface area contributed by atoms with Gasteiger partial charge in [0.25, 0.3) is 5.91 Å². The van der Waals surface area contributed by atoms with E-state index in [-0.39, 0.29) is 17.2 Å². The highest BCUT2D eigenvalue weighted by molar-refractivity contribution is 6.20. The molecule has 2 aromatic carbocycles. The van der Waals surface area contributed by atoms with Crippen molar-refractivity contribution in [1.29, 1.82) is 0 Å². The van der Waals surface area contributed by atoms with E-state index < -0.39 is 29.6 Å². The topological polar surface area (TPSA) is 79.8 Å². The number of aliphatic imine (C=N–C) groups is 1. The van der Waals surface area contributed by atoms with Crippen LogP contribution in [0.5, 0.6) is 0 Å². The minimum absolute atomic E-state index is 0.109. The third-order valence-electron chi connectivity index (χ3n) is 4.51. The molecule has 0 aliphatic carbocycles. The van der Waals surface area contributed by atoms with Crippen LogP contribution < -0.4 is 10.6 Å². The SMILES string of the molecule is CC(C)c1cccc2c1NC(=O)C(NC(=O)OC(C)(C)C)N=C2c1ccccc1F. The summed E-state index contributed by atoms with van der Waals surface area (Å²) in [6.45, 7) is 9.17. The van der Waals surface area contributed by atoms with Gasteiger partial charge in [0.05, 0.1) is 11.4 Å². The fraction of sp³-hybridized carbons (Fsp3) is 0.348. The van der Waals surface area contributed by atoms with E-state index in [9.17, 15) is 14.0 Å². The summed E-state index contributed by atoms with van der Waals surface area (Å²) in [7, 11) is 0. The summed E-state index contributed by atoms with van der Waals surface area (Å²) < 4.78 is 19.9. The summed E-state index contributed by atoms with van der Waals surface area (Å²) in [6, 6.07) is 11.7. The third kappa shape index (κ3) is 4.67. The number of anilines is 1. The van der Waals surface area contributed by atoms with Crippen molar-refractivity contribution in [2.45, 2.75) is 52.3 Å². The zero-order chi connectivity index (χ0) is 22.1. The van der Waals surface area contributed by atoms with Crippen LogP contribution >= 0.6 is 0 Å². The van der Waals surface area contributed by atoms with Gasteiger partial charge in [0.2, 0.25) is 6.17 Å². The molecule has 158 valence electrons. The Balaban J connectivity index is 2.13. The molecule has 0 saturated heterocycles. The monoisotopic (exact) mass is 411 g/mol. The van der Waals surface area contributed by atoms with E-state index in [1.165, 1.54) is 6.07 Å². The second-order valence-corrected chi connectivity index (χ2v) is 8.42. The molecule has 1 heterocycles. The maximum absolute atomic E-state index is 14.7. The number of fused-ring (bicyclic) bond motifs is 1. The lowest BCUT2D eigenvalue weighted by Crippen LogP contribution is -2.44. The lowest BCUT2D eigenvalue weighted by Gasteiger charge is -2.21. The number of nitrogens with zero attached hydrogens (tertiary/aromatic N) is 1. The number of benzene rings is 2. The first kappa shape index (κ1) is 21.5. The molecule has 3 rings (SSSR count). The number of amides is 2. The highest BCUT2D eigenvalue weighted by atomic mass is 19.1. The standard InChI is InChI=1S/C23H26FN3O3/c1-13(2)14-10-8-11-16-18(14)26-21(28)20(27-22(29)30-23(3,4)5)25-19(16)15-9-6-7-12-17(15)24/h6-13,20H,1-5H3,(H,26,28)(H,27,29). The van der Waals surface area contributed by atoms with E-state index in [1.807, 2.05) is 26.0 Å². The Kier molecular flexibility index (Phi) is 5.92. The molecule has 6 nitrogen and oxygen atoms in total. The number of hydrogen-bond acceptors (Lipinski definition) is 4. The number of halogens is 1. The van der Waals surface area contributed by atoms with Gasteiger partial charge in [0, 0.05) is 11.1 Å². The minimum atomic E-state index is -1.28. The molecule has 0 radical (unpaired) electrons. The molecule has 1 atom stereocenters. The van der Waals surface area contributed by atoms with Crippen LogP contribution in [0.15, 0.2) is 47.5 Å². The molecule has 0 saturated carbocycles. The van der Waals surface area contributed by atoms with Crippen molar-refractivity contribution in [3.8, 4) is 0 Å². The Morgan fingerprint density at radius 1 is 1.13 bits per heavy atom. The van der Waals surface area contributed by atoms with E-state index in [0.29, 0.717) is 11.3 Å². The number of rotatable bonds is 3. The van der Waals surface area contributed by atoms with Crippen molar-refractivity contribution in [3.05, 3.63) is 65.0 Å². The number of benzodiazepines with no additional fused rings is 1. The van der Waals surface area contributed by atoms with E-state index in [4.69, 9.17) is 4.74 Å². The van der Waals surface area contributed by atoms with Crippen LogP contribution in [0.25, 0.3) is 0 Å². The lowest BCUT2D eigenvalue weighted by molar-refractivity contribution is -0.118. The van der Waals surface area contributed by atoms with E-state index in [2.05, 4.69) is 15.6 Å². The number of ether oxygens (including phenoxy) is 1. The Morgan fingerprint density at radius 3 is 2.43 bits per heavy atom. The predicted octanol–water partition coefficient (Wildman–Crippen LogP) is 4.59. The number of nitrogens with one attached hydrogen (secondary N) is 2.